The molecule has 2 atom stereocenters. The largest absolute Gasteiger partial charge is 0.351 e. The molecular formula is C11H17N3. The number of rotatable bonds is 1. The lowest BCUT2D eigenvalue weighted by molar-refractivity contribution is 0.422. The molecule has 2 rings (SSSR count). The second-order valence-electron chi connectivity index (χ2n) is 4.00. The molecule has 2 heterocycles. The van der Waals surface area contributed by atoms with Crippen LogP contribution in [0.3, 0.4) is 0 Å². The highest BCUT2D eigenvalue weighted by molar-refractivity contribution is 5.40. The van der Waals surface area contributed by atoms with Gasteiger partial charge in [0.25, 0.3) is 0 Å². The zero-order valence-electron chi connectivity index (χ0n) is 8.77. The molecule has 1 aliphatic heterocycles. The Labute approximate surface area is 85.1 Å². The molecule has 1 N–H and O–H groups in total. The summed E-state index contributed by atoms with van der Waals surface area (Å²) >= 11 is 0. The second kappa shape index (κ2) is 3.96. The van der Waals surface area contributed by atoms with Crippen LogP contribution in [0, 0.1) is 0 Å². The van der Waals surface area contributed by atoms with Crippen molar-refractivity contribution >= 4 is 5.82 Å². The first-order valence-corrected chi connectivity index (χ1v) is 5.18. The van der Waals surface area contributed by atoms with E-state index in [0.29, 0.717) is 12.1 Å². The third-order valence-electron chi connectivity index (χ3n) is 2.71. The molecule has 0 aromatic carbocycles. The molecule has 1 saturated heterocycles. The number of nitrogens with one attached hydrogen (secondary N) is 1. The molecular weight excluding hydrogens is 174 g/mol. The van der Waals surface area contributed by atoms with E-state index in [1.807, 2.05) is 18.3 Å². The molecule has 0 bridgehead atoms. The summed E-state index contributed by atoms with van der Waals surface area (Å²) in [7, 11) is 0. The van der Waals surface area contributed by atoms with Crippen LogP contribution in [-0.2, 0) is 0 Å². The average Bonchev–Trinajstić information content (AvgIpc) is 2.23. The molecule has 76 valence electrons. The predicted octanol–water partition coefficient (Wildman–Crippen LogP) is 1.27. The molecule has 1 aromatic rings. The molecule has 1 fully saturated rings. The summed E-state index contributed by atoms with van der Waals surface area (Å²) in [5.41, 5.74) is 0. The highest BCUT2D eigenvalue weighted by Crippen LogP contribution is 2.15. The zero-order valence-corrected chi connectivity index (χ0v) is 8.77. The van der Waals surface area contributed by atoms with E-state index in [1.54, 1.807) is 0 Å². The van der Waals surface area contributed by atoms with E-state index >= 15 is 0 Å². The van der Waals surface area contributed by atoms with Gasteiger partial charge in [-0.25, -0.2) is 4.98 Å². The van der Waals surface area contributed by atoms with Crippen molar-refractivity contribution in [3.05, 3.63) is 24.4 Å². The lowest BCUT2D eigenvalue weighted by Gasteiger charge is -2.38. The minimum absolute atomic E-state index is 0.529. The predicted molar refractivity (Wildman–Crippen MR) is 58.5 cm³/mol. The molecule has 0 amide bonds. The summed E-state index contributed by atoms with van der Waals surface area (Å²) in [6, 6.07) is 7.16. The van der Waals surface area contributed by atoms with Crippen molar-refractivity contribution in [2.24, 2.45) is 0 Å². The number of anilines is 1. The van der Waals surface area contributed by atoms with Gasteiger partial charge in [0.05, 0.1) is 0 Å². The van der Waals surface area contributed by atoms with E-state index in [1.165, 1.54) is 0 Å². The molecule has 0 unspecified atom stereocenters. The van der Waals surface area contributed by atoms with Gasteiger partial charge in [0.15, 0.2) is 0 Å². The molecule has 0 aliphatic carbocycles. The van der Waals surface area contributed by atoms with E-state index in [4.69, 9.17) is 0 Å². The van der Waals surface area contributed by atoms with Crippen molar-refractivity contribution in [2.75, 3.05) is 18.0 Å². The van der Waals surface area contributed by atoms with Crippen LogP contribution in [0.5, 0.6) is 0 Å². The second-order valence-corrected chi connectivity index (χ2v) is 4.00. The Morgan fingerprint density at radius 3 is 3.00 bits per heavy atom. The normalized spacial score (nSPS) is 27.7. The van der Waals surface area contributed by atoms with E-state index in [-0.39, 0.29) is 0 Å². The van der Waals surface area contributed by atoms with Crippen LogP contribution in [0.15, 0.2) is 24.4 Å². The summed E-state index contributed by atoms with van der Waals surface area (Å²) < 4.78 is 0. The molecule has 1 aromatic heterocycles. The summed E-state index contributed by atoms with van der Waals surface area (Å²) in [6.07, 6.45) is 1.86. The van der Waals surface area contributed by atoms with Crippen molar-refractivity contribution in [3.8, 4) is 0 Å². The Kier molecular flexibility index (Phi) is 2.68. The van der Waals surface area contributed by atoms with Crippen molar-refractivity contribution in [3.63, 3.8) is 0 Å². The van der Waals surface area contributed by atoms with E-state index in [0.717, 1.165) is 18.9 Å². The van der Waals surface area contributed by atoms with Crippen LogP contribution in [-0.4, -0.2) is 30.2 Å². The van der Waals surface area contributed by atoms with Gasteiger partial charge in [-0.05, 0) is 26.0 Å². The monoisotopic (exact) mass is 191 g/mol. The van der Waals surface area contributed by atoms with Gasteiger partial charge in [-0.2, -0.15) is 0 Å². The van der Waals surface area contributed by atoms with Gasteiger partial charge < -0.3 is 10.2 Å². The van der Waals surface area contributed by atoms with Gasteiger partial charge in [0, 0.05) is 31.4 Å². The number of pyridine rings is 1. The molecule has 3 heteroatoms. The lowest BCUT2D eigenvalue weighted by Crippen LogP contribution is -2.54. The quantitative estimate of drug-likeness (QED) is 0.724. The van der Waals surface area contributed by atoms with Crippen LogP contribution in [0.4, 0.5) is 5.82 Å². The van der Waals surface area contributed by atoms with Crippen molar-refractivity contribution < 1.29 is 0 Å². The fourth-order valence-electron chi connectivity index (χ4n) is 1.86. The molecule has 3 nitrogen and oxygen atoms in total. The maximum absolute atomic E-state index is 4.39. The number of hydrogen-bond acceptors (Lipinski definition) is 3. The summed E-state index contributed by atoms with van der Waals surface area (Å²) in [5.74, 6) is 1.09. The maximum atomic E-state index is 4.39. The van der Waals surface area contributed by atoms with Gasteiger partial charge in [-0.3, -0.25) is 0 Å². The Hall–Kier alpha value is -1.09. The van der Waals surface area contributed by atoms with Crippen LogP contribution < -0.4 is 10.2 Å². The van der Waals surface area contributed by atoms with Gasteiger partial charge in [-0.15, -0.1) is 0 Å². The van der Waals surface area contributed by atoms with Crippen LogP contribution in [0.1, 0.15) is 13.8 Å². The third-order valence-corrected chi connectivity index (χ3v) is 2.71. The third kappa shape index (κ3) is 1.87. The van der Waals surface area contributed by atoms with Crippen LogP contribution >= 0.6 is 0 Å². The SMILES string of the molecule is C[C@@H]1CN[C@@H](C)CN1c1ccccn1. The highest BCUT2D eigenvalue weighted by Gasteiger charge is 2.22. The van der Waals surface area contributed by atoms with Crippen molar-refractivity contribution in [1.82, 2.24) is 10.3 Å². The zero-order chi connectivity index (χ0) is 9.97. The smallest absolute Gasteiger partial charge is 0.128 e. The minimum Gasteiger partial charge on any atom is -0.351 e. The number of nitrogens with zero attached hydrogens (tertiary/aromatic N) is 2. The maximum Gasteiger partial charge on any atom is 0.128 e. The Bertz CT molecular complexity index is 286. The molecule has 0 spiro atoms. The lowest BCUT2D eigenvalue weighted by atomic mass is 10.1. The number of hydrogen-bond donors (Lipinski definition) is 1. The van der Waals surface area contributed by atoms with E-state index < -0.39 is 0 Å². The minimum atomic E-state index is 0.529. The first kappa shape index (κ1) is 9.46. The average molecular weight is 191 g/mol. The van der Waals surface area contributed by atoms with E-state index in [2.05, 4.69) is 35.1 Å². The van der Waals surface area contributed by atoms with Gasteiger partial charge in [0.2, 0.25) is 0 Å². The molecule has 0 saturated carbocycles. The first-order valence-electron chi connectivity index (χ1n) is 5.18. The standard InChI is InChI=1S/C11H17N3/c1-9-8-14(10(2)7-13-9)11-5-3-4-6-12-11/h3-6,9-10,13H,7-8H2,1-2H3/t9-,10+/m0/s1. The fraction of sp³-hybridized carbons (Fsp3) is 0.545. The number of aromatic nitrogens is 1. The Morgan fingerprint density at radius 1 is 1.43 bits per heavy atom. The van der Waals surface area contributed by atoms with Crippen molar-refractivity contribution in [1.29, 1.82) is 0 Å². The Balaban J connectivity index is 2.16. The Morgan fingerprint density at radius 2 is 2.29 bits per heavy atom. The molecule has 0 radical (unpaired) electrons. The van der Waals surface area contributed by atoms with Crippen LogP contribution in [0.2, 0.25) is 0 Å². The van der Waals surface area contributed by atoms with Gasteiger partial charge >= 0.3 is 0 Å². The summed E-state index contributed by atoms with van der Waals surface area (Å²) in [4.78, 5) is 6.75. The van der Waals surface area contributed by atoms with Gasteiger partial charge in [0.1, 0.15) is 5.82 Å². The van der Waals surface area contributed by atoms with Crippen LogP contribution in [0.25, 0.3) is 0 Å². The number of piperazine rings is 1. The summed E-state index contributed by atoms with van der Waals surface area (Å²) in [5, 5.41) is 3.46. The highest BCUT2D eigenvalue weighted by atomic mass is 15.3. The van der Waals surface area contributed by atoms with Crippen molar-refractivity contribution in [2.45, 2.75) is 25.9 Å². The van der Waals surface area contributed by atoms with E-state index in [9.17, 15) is 0 Å². The molecule has 1 aliphatic rings. The fourth-order valence-corrected chi connectivity index (χ4v) is 1.86. The summed E-state index contributed by atoms with van der Waals surface area (Å²) in [6.45, 7) is 6.52. The molecule has 14 heavy (non-hydrogen) atoms. The first-order chi connectivity index (χ1) is 6.77. The van der Waals surface area contributed by atoms with Gasteiger partial charge in [-0.1, -0.05) is 6.07 Å². The topological polar surface area (TPSA) is 28.2 Å².